The van der Waals surface area contributed by atoms with Crippen molar-refractivity contribution in [1.82, 2.24) is 15.2 Å². The lowest BCUT2D eigenvalue weighted by Gasteiger charge is -2.04. The Bertz CT molecular complexity index is 629. The first-order chi connectivity index (χ1) is 9.56. The third-order valence-electron chi connectivity index (χ3n) is 2.94. The van der Waals surface area contributed by atoms with Crippen molar-refractivity contribution in [3.63, 3.8) is 0 Å². The van der Waals surface area contributed by atoms with Gasteiger partial charge in [0.05, 0.1) is 11.4 Å². The van der Waals surface area contributed by atoms with Gasteiger partial charge in [0.25, 0.3) is 5.91 Å². The number of nitrogens with one attached hydrogen (secondary N) is 1. The molecule has 0 aliphatic rings. The molecule has 2 rings (SSSR count). The van der Waals surface area contributed by atoms with E-state index >= 15 is 0 Å². The molecule has 0 atom stereocenters. The molecule has 0 aliphatic heterocycles. The summed E-state index contributed by atoms with van der Waals surface area (Å²) in [4.78, 5) is 11.8. The van der Waals surface area contributed by atoms with Gasteiger partial charge < -0.3 is 0 Å². The van der Waals surface area contributed by atoms with Crippen molar-refractivity contribution in [1.29, 1.82) is 0 Å². The highest BCUT2D eigenvalue weighted by Gasteiger charge is 2.06. The number of rotatable bonds is 4. The maximum Gasteiger partial charge on any atom is 0.261 e. The smallest absolute Gasteiger partial charge is 0.261 e. The first-order valence-corrected chi connectivity index (χ1v) is 6.46. The fourth-order valence-electron chi connectivity index (χ4n) is 1.90. The standard InChI is InChI=1S/C15H18N4O/c1-11-9-12(2)19(18-11)10-15(20)17-16-13(3)14-7-5-4-6-8-14/h4-9H,10H2,1-3H3,(H,17,20)/b16-13+. The van der Waals surface area contributed by atoms with Crippen LogP contribution in [0.3, 0.4) is 0 Å². The predicted molar refractivity (Wildman–Crippen MR) is 78.5 cm³/mol. The van der Waals surface area contributed by atoms with E-state index in [1.54, 1.807) is 4.68 Å². The third-order valence-corrected chi connectivity index (χ3v) is 2.94. The minimum atomic E-state index is -0.188. The van der Waals surface area contributed by atoms with Gasteiger partial charge in [-0.25, -0.2) is 5.43 Å². The van der Waals surface area contributed by atoms with E-state index < -0.39 is 0 Å². The van der Waals surface area contributed by atoms with E-state index in [2.05, 4.69) is 15.6 Å². The first kappa shape index (κ1) is 14.0. The molecule has 1 aromatic heterocycles. The van der Waals surface area contributed by atoms with E-state index in [-0.39, 0.29) is 12.5 Å². The molecule has 0 bridgehead atoms. The Hall–Kier alpha value is -2.43. The van der Waals surface area contributed by atoms with E-state index in [1.807, 2.05) is 57.2 Å². The van der Waals surface area contributed by atoms with Crippen LogP contribution in [0.15, 0.2) is 41.5 Å². The van der Waals surface area contributed by atoms with Gasteiger partial charge in [0.1, 0.15) is 6.54 Å². The molecule has 1 heterocycles. The fraction of sp³-hybridized carbons (Fsp3) is 0.267. The van der Waals surface area contributed by atoms with Crippen LogP contribution in [0.5, 0.6) is 0 Å². The van der Waals surface area contributed by atoms with Crippen LogP contribution in [-0.4, -0.2) is 21.4 Å². The molecule has 1 aromatic carbocycles. The molecule has 1 N–H and O–H groups in total. The zero-order chi connectivity index (χ0) is 14.5. The molecule has 104 valence electrons. The maximum atomic E-state index is 11.8. The van der Waals surface area contributed by atoms with Crippen LogP contribution in [0.1, 0.15) is 23.9 Å². The maximum absolute atomic E-state index is 11.8. The first-order valence-electron chi connectivity index (χ1n) is 6.46. The molecule has 0 saturated carbocycles. The second-order valence-corrected chi connectivity index (χ2v) is 4.68. The highest BCUT2D eigenvalue weighted by Crippen LogP contribution is 2.02. The van der Waals surface area contributed by atoms with Gasteiger partial charge in [-0.05, 0) is 32.4 Å². The van der Waals surface area contributed by atoms with Gasteiger partial charge in [-0.15, -0.1) is 0 Å². The van der Waals surface area contributed by atoms with Crippen molar-refractivity contribution in [2.45, 2.75) is 27.3 Å². The highest BCUT2D eigenvalue weighted by atomic mass is 16.2. The van der Waals surface area contributed by atoms with Gasteiger partial charge >= 0.3 is 0 Å². The van der Waals surface area contributed by atoms with Crippen LogP contribution in [0.4, 0.5) is 0 Å². The molecule has 1 amide bonds. The lowest BCUT2D eigenvalue weighted by Crippen LogP contribution is -2.25. The van der Waals surface area contributed by atoms with Crippen LogP contribution >= 0.6 is 0 Å². The predicted octanol–water partition coefficient (Wildman–Crippen LogP) is 2.04. The molecule has 0 spiro atoms. The largest absolute Gasteiger partial charge is 0.271 e. The molecule has 5 nitrogen and oxygen atoms in total. The monoisotopic (exact) mass is 270 g/mol. The number of carbonyl (C=O) groups excluding carboxylic acids is 1. The van der Waals surface area contributed by atoms with Crippen molar-refractivity contribution < 1.29 is 4.79 Å². The molecule has 0 unspecified atom stereocenters. The lowest BCUT2D eigenvalue weighted by molar-refractivity contribution is -0.121. The zero-order valence-electron chi connectivity index (χ0n) is 11.9. The Labute approximate surface area is 118 Å². The Morgan fingerprint density at radius 1 is 1.30 bits per heavy atom. The summed E-state index contributed by atoms with van der Waals surface area (Å²) < 4.78 is 1.66. The van der Waals surface area contributed by atoms with Crippen molar-refractivity contribution in [3.05, 3.63) is 53.3 Å². The normalized spacial score (nSPS) is 11.4. The molecule has 0 radical (unpaired) electrons. The fourth-order valence-corrected chi connectivity index (χ4v) is 1.90. The van der Waals surface area contributed by atoms with Crippen molar-refractivity contribution in [2.24, 2.45) is 5.10 Å². The summed E-state index contributed by atoms with van der Waals surface area (Å²) in [5.41, 5.74) is 6.17. The number of hydrogen-bond acceptors (Lipinski definition) is 3. The van der Waals surface area contributed by atoms with Crippen molar-refractivity contribution >= 4 is 11.6 Å². The SMILES string of the molecule is C/C(=N\NC(=O)Cn1nc(C)cc1C)c1ccccc1. The summed E-state index contributed by atoms with van der Waals surface area (Å²) >= 11 is 0. The van der Waals surface area contributed by atoms with Gasteiger partial charge in [0, 0.05) is 5.69 Å². The number of aryl methyl sites for hydroxylation is 2. The summed E-state index contributed by atoms with van der Waals surface area (Å²) in [6, 6.07) is 11.7. The van der Waals surface area contributed by atoms with Crippen LogP contribution in [0.2, 0.25) is 0 Å². The van der Waals surface area contributed by atoms with Crippen molar-refractivity contribution in [3.8, 4) is 0 Å². The number of carbonyl (C=O) groups is 1. The molecule has 5 heteroatoms. The number of hydrazone groups is 1. The zero-order valence-corrected chi connectivity index (χ0v) is 11.9. The van der Waals surface area contributed by atoms with Gasteiger partial charge in [0.15, 0.2) is 0 Å². The molecule has 0 aliphatic carbocycles. The summed E-state index contributed by atoms with van der Waals surface area (Å²) in [5.74, 6) is -0.188. The molecule has 0 saturated heterocycles. The Morgan fingerprint density at radius 3 is 2.60 bits per heavy atom. The van der Waals surface area contributed by atoms with E-state index in [0.717, 1.165) is 22.7 Å². The molecular weight excluding hydrogens is 252 g/mol. The number of nitrogens with zero attached hydrogens (tertiary/aromatic N) is 3. The van der Waals surface area contributed by atoms with Crippen molar-refractivity contribution in [2.75, 3.05) is 0 Å². The second-order valence-electron chi connectivity index (χ2n) is 4.68. The van der Waals surface area contributed by atoms with Crippen LogP contribution in [0.25, 0.3) is 0 Å². The minimum absolute atomic E-state index is 0.172. The van der Waals surface area contributed by atoms with Crippen LogP contribution < -0.4 is 5.43 Å². The quantitative estimate of drug-likeness (QED) is 0.682. The number of hydrogen-bond donors (Lipinski definition) is 1. The van der Waals surface area contributed by atoms with E-state index in [0.29, 0.717) is 0 Å². The Balaban J connectivity index is 1.97. The summed E-state index contributed by atoms with van der Waals surface area (Å²) in [6.45, 7) is 5.86. The molecule has 20 heavy (non-hydrogen) atoms. The highest BCUT2D eigenvalue weighted by molar-refractivity contribution is 5.99. The lowest BCUT2D eigenvalue weighted by atomic mass is 10.1. The Kier molecular flexibility index (Phi) is 4.30. The average Bonchev–Trinajstić information content (AvgIpc) is 2.75. The van der Waals surface area contributed by atoms with Crippen LogP contribution in [-0.2, 0) is 11.3 Å². The summed E-state index contributed by atoms with van der Waals surface area (Å²) in [7, 11) is 0. The minimum Gasteiger partial charge on any atom is -0.271 e. The molecule has 2 aromatic rings. The van der Waals surface area contributed by atoms with Crippen LogP contribution in [0, 0.1) is 13.8 Å². The van der Waals surface area contributed by atoms with E-state index in [9.17, 15) is 4.79 Å². The van der Waals surface area contributed by atoms with E-state index in [1.165, 1.54) is 0 Å². The molecule has 0 fully saturated rings. The third kappa shape index (κ3) is 3.54. The summed E-state index contributed by atoms with van der Waals surface area (Å²) in [5, 5.41) is 8.35. The molecular formula is C15H18N4O. The van der Waals surface area contributed by atoms with Gasteiger partial charge in [-0.3, -0.25) is 9.48 Å². The van der Waals surface area contributed by atoms with Gasteiger partial charge in [-0.1, -0.05) is 30.3 Å². The van der Waals surface area contributed by atoms with Gasteiger partial charge in [0.2, 0.25) is 0 Å². The topological polar surface area (TPSA) is 59.3 Å². The summed E-state index contributed by atoms with van der Waals surface area (Å²) in [6.07, 6.45) is 0. The number of amides is 1. The van der Waals surface area contributed by atoms with E-state index in [4.69, 9.17) is 0 Å². The number of benzene rings is 1. The van der Waals surface area contributed by atoms with Gasteiger partial charge in [-0.2, -0.15) is 10.2 Å². The second kappa shape index (κ2) is 6.14. The Morgan fingerprint density at radius 2 is 2.00 bits per heavy atom. The average molecular weight is 270 g/mol. The number of aromatic nitrogens is 2.